The first-order chi connectivity index (χ1) is 8.78. The Bertz CT molecular complexity index is 719. The summed E-state index contributed by atoms with van der Waals surface area (Å²) in [5.74, 6) is 0.735. The lowest BCUT2D eigenvalue weighted by atomic mass is 10.4. The Morgan fingerprint density at radius 3 is 3.00 bits per heavy atom. The topological polar surface area (TPSA) is 60.2 Å². The zero-order valence-electron chi connectivity index (χ0n) is 9.40. The van der Waals surface area contributed by atoms with Crippen LogP contribution in [-0.2, 0) is 0 Å². The third kappa shape index (κ3) is 1.91. The maximum atomic E-state index is 11.2. The van der Waals surface area contributed by atoms with E-state index in [4.69, 9.17) is 0 Å². The van der Waals surface area contributed by atoms with Gasteiger partial charge in [-0.1, -0.05) is 6.07 Å². The van der Waals surface area contributed by atoms with Crippen LogP contribution in [0.1, 0.15) is 16.3 Å². The molecule has 0 N–H and O–H groups in total. The number of hydrogen-bond donors (Lipinski definition) is 0. The maximum absolute atomic E-state index is 11.2. The van der Waals surface area contributed by atoms with Crippen molar-refractivity contribution in [2.45, 2.75) is 16.3 Å². The van der Waals surface area contributed by atoms with Crippen LogP contribution in [0, 0.1) is 6.92 Å². The predicted molar refractivity (Wildman–Crippen MR) is 69.3 cm³/mol. The molecule has 0 bridgehead atoms. The zero-order valence-corrected chi connectivity index (χ0v) is 11.0. The van der Waals surface area contributed by atoms with Gasteiger partial charge >= 0.3 is 0 Å². The first-order valence-corrected chi connectivity index (χ1v) is 6.77. The van der Waals surface area contributed by atoms with Crippen LogP contribution >= 0.6 is 23.3 Å². The quantitative estimate of drug-likeness (QED) is 0.688. The van der Waals surface area contributed by atoms with Crippen LogP contribution in [-0.4, -0.2) is 25.0 Å². The number of aromatic nitrogens is 4. The molecule has 0 atom stereocenters. The summed E-state index contributed by atoms with van der Waals surface area (Å²) < 4.78 is 6.67. The fourth-order valence-corrected chi connectivity index (χ4v) is 3.23. The maximum Gasteiger partial charge on any atom is 0.176 e. The number of carbonyl (C=O) groups excluding carboxylic acids is 1. The Labute approximate surface area is 111 Å². The van der Waals surface area contributed by atoms with Crippen LogP contribution < -0.4 is 0 Å². The molecule has 0 aliphatic carbocycles. The van der Waals surface area contributed by atoms with E-state index in [2.05, 4.69) is 14.3 Å². The van der Waals surface area contributed by atoms with E-state index < -0.39 is 0 Å². The molecule has 90 valence electrons. The zero-order chi connectivity index (χ0) is 12.5. The molecule has 0 aromatic carbocycles. The molecule has 3 aromatic rings. The van der Waals surface area contributed by atoms with Gasteiger partial charge in [0.25, 0.3) is 0 Å². The molecule has 3 aromatic heterocycles. The monoisotopic (exact) mass is 276 g/mol. The van der Waals surface area contributed by atoms with Crippen molar-refractivity contribution < 1.29 is 4.79 Å². The Hall–Kier alpha value is -1.73. The van der Waals surface area contributed by atoms with E-state index >= 15 is 0 Å². The summed E-state index contributed by atoms with van der Waals surface area (Å²) in [6.45, 7) is 1.84. The Kier molecular flexibility index (Phi) is 2.85. The molecule has 0 aliphatic rings. The third-order valence-electron chi connectivity index (χ3n) is 2.34. The number of rotatable bonds is 3. The summed E-state index contributed by atoms with van der Waals surface area (Å²) in [7, 11) is 0. The van der Waals surface area contributed by atoms with Gasteiger partial charge in [-0.2, -0.15) is 4.37 Å². The Morgan fingerprint density at radius 2 is 2.28 bits per heavy atom. The number of aldehydes is 1. The lowest BCUT2D eigenvalue weighted by Crippen LogP contribution is -1.90. The van der Waals surface area contributed by atoms with E-state index in [0.29, 0.717) is 10.7 Å². The molecule has 0 amide bonds. The molecule has 0 spiro atoms. The number of carbonyl (C=O) groups is 1. The summed E-state index contributed by atoms with van der Waals surface area (Å²) in [5.41, 5.74) is 1.30. The fraction of sp³-hybridized carbons (Fsp3) is 0.0909. The highest BCUT2D eigenvalue weighted by molar-refractivity contribution is 8.01. The Balaban J connectivity index is 2.08. The average Bonchev–Trinajstić information content (AvgIpc) is 2.92. The molecule has 7 heteroatoms. The largest absolute Gasteiger partial charge is 0.296 e. The van der Waals surface area contributed by atoms with Gasteiger partial charge in [-0.25, -0.2) is 9.97 Å². The molecule has 0 fully saturated rings. The highest BCUT2D eigenvalue weighted by Crippen LogP contribution is 2.30. The molecule has 5 nitrogen and oxygen atoms in total. The molecule has 0 saturated heterocycles. The lowest BCUT2D eigenvalue weighted by Gasteiger charge is -1.94. The summed E-state index contributed by atoms with van der Waals surface area (Å²) >= 11 is 2.68. The van der Waals surface area contributed by atoms with Gasteiger partial charge in [0.1, 0.15) is 22.2 Å². The van der Waals surface area contributed by atoms with Gasteiger partial charge in [-0.05, 0) is 42.4 Å². The molecule has 18 heavy (non-hydrogen) atoms. The molecule has 0 unspecified atom stereocenters. The fourth-order valence-electron chi connectivity index (χ4n) is 1.58. The van der Waals surface area contributed by atoms with Crippen molar-refractivity contribution in [1.82, 2.24) is 18.7 Å². The van der Waals surface area contributed by atoms with Crippen LogP contribution in [0.15, 0.2) is 33.8 Å². The van der Waals surface area contributed by atoms with Gasteiger partial charge in [0.2, 0.25) is 0 Å². The normalized spacial score (nSPS) is 10.9. The van der Waals surface area contributed by atoms with Crippen LogP contribution in [0.4, 0.5) is 0 Å². The molecule has 0 aliphatic heterocycles. The van der Waals surface area contributed by atoms with Crippen molar-refractivity contribution in [3.63, 3.8) is 0 Å². The van der Waals surface area contributed by atoms with Crippen LogP contribution in [0.3, 0.4) is 0 Å². The minimum absolute atomic E-state index is 0.545. The SMILES string of the molecule is Cc1nsc(Sc2nc3ccccn3c2C=O)n1. The number of nitrogens with zero attached hydrogens (tertiary/aromatic N) is 4. The molecule has 0 saturated carbocycles. The summed E-state index contributed by atoms with van der Waals surface area (Å²) in [6.07, 6.45) is 2.64. The summed E-state index contributed by atoms with van der Waals surface area (Å²) in [4.78, 5) is 19.9. The van der Waals surface area contributed by atoms with Gasteiger partial charge < -0.3 is 0 Å². The number of hydrogen-bond acceptors (Lipinski definition) is 6. The number of pyridine rings is 1. The lowest BCUT2D eigenvalue weighted by molar-refractivity contribution is 0.111. The van der Waals surface area contributed by atoms with Crippen molar-refractivity contribution in [1.29, 1.82) is 0 Å². The van der Waals surface area contributed by atoms with E-state index in [-0.39, 0.29) is 0 Å². The van der Waals surface area contributed by atoms with E-state index in [1.807, 2.05) is 31.3 Å². The highest BCUT2D eigenvalue weighted by atomic mass is 32.2. The second kappa shape index (κ2) is 4.51. The smallest absolute Gasteiger partial charge is 0.176 e. The standard InChI is InChI=1S/C11H8N4OS2/c1-7-12-11(18-14-7)17-10-8(6-16)15-5-3-2-4-9(15)13-10/h2-6H,1H3. The van der Waals surface area contributed by atoms with Crippen molar-refractivity contribution >= 4 is 35.2 Å². The van der Waals surface area contributed by atoms with Crippen LogP contribution in [0.25, 0.3) is 5.65 Å². The van der Waals surface area contributed by atoms with Gasteiger partial charge in [0, 0.05) is 6.20 Å². The van der Waals surface area contributed by atoms with E-state index in [9.17, 15) is 4.79 Å². The van der Waals surface area contributed by atoms with Gasteiger partial charge in [-0.15, -0.1) is 0 Å². The van der Waals surface area contributed by atoms with Crippen molar-refractivity contribution in [2.75, 3.05) is 0 Å². The van der Waals surface area contributed by atoms with Crippen molar-refractivity contribution in [3.05, 3.63) is 35.9 Å². The first-order valence-electron chi connectivity index (χ1n) is 5.18. The molecular formula is C11H8N4OS2. The average molecular weight is 276 g/mol. The third-order valence-corrected chi connectivity index (χ3v) is 4.17. The van der Waals surface area contributed by atoms with E-state index in [1.54, 1.807) is 4.40 Å². The van der Waals surface area contributed by atoms with Gasteiger partial charge in [0.05, 0.1) is 0 Å². The minimum atomic E-state index is 0.545. The number of imidazole rings is 1. The van der Waals surface area contributed by atoms with Crippen molar-refractivity contribution in [3.8, 4) is 0 Å². The molecule has 0 radical (unpaired) electrons. The highest BCUT2D eigenvalue weighted by Gasteiger charge is 2.14. The number of fused-ring (bicyclic) bond motifs is 1. The molecular weight excluding hydrogens is 268 g/mol. The minimum Gasteiger partial charge on any atom is -0.296 e. The van der Waals surface area contributed by atoms with Gasteiger partial charge in [-0.3, -0.25) is 9.20 Å². The second-order valence-corrected chi connectivity index (χ2v) is 5.55. The summed E-state index contributed by atoms with van der Waals surface area (Å²) in [6, 6.07) is 5.62. The molecule has 3 heterocycles. The number of aryl methyl sites for hydroxylation is 1. The molecule has 3 rings (SSSR count). The van der Waals surface area contributed by atoms with Crippen LogP contribution in [0.2, 0.25) is 0 Å². The first kappa shape index (κ1) is 11.4. The summed E-state index contributed by atoms with van der Waals surface area (Å²) in [5, 5.41) is 0.660. The van der Waals surface area contributed by atoms with Gasteiger partial charge in [0.15, 0.2) is 10.6 Å². The van der Waals surface area contributed by atoms with E-state index in [1.165, 1.54) is 23.3 Å². The van der Waals surface area contributed by atoms with E-state index in [0.717, 1.165) is 22.1 Å². The predicted octanol–water partition coefficient (Wildman–Crippen LogP) is 2.46. The van der Waals surface area contributed by atoms with Crippen LogP contribution in [0.5, 0.6) is 0 Å². The Morgan fingerprint density at radius 1 is 1.39 bits per heavy atom. The second-order valence-electron chi connectivity index (χ2n) is 3.56. The van der Waals surface area contributed by atoms with Crippen molar-refractivity contribution in [2.24, 2.45) is 0 Å².